The van der Waals surface area contributed by atoms with Crippen LogP contribution < -0.4 is 5.38 Å². The molecule has 0 fully saturated rings. The van der Waals surface area contributed by atoms with E-state index >= 15 is 0 Å². The summed E-state index contributed by atoms with van der Waals surface area (Å²) in [5.41, 5.74) is 3.88. The fourth-order valence-corrected chi connectivity index (χ4v) is 2.51. The Bertz CT molecular complexity index is 549. The molecule has 84 valence electrons. The molecule has 0 saturated carbocycles. The fourth-order valence-electron chi connectivity index (χ4n) is 1.52. The number of allylic oxidation sites excluding steroid dienone is 1. The lowest BCUT2D eigenvalue weighted by molar-refractivity contribution is 0.647. The second-order valence-corrected chi connectivity index (χ2v) is 10.2. The van der Waals surface area contributed by atoms with Crippen LogP contribution in [0.15, 0.2) is 29.3 Å². The Balaban J connectivity index is 2.59. The first kappa shape index (κ1) is 11.1. The van der Waals surface area contributed by atoms with Crippen molar-refractivity contribution < 1.29 is 4.42 Å². The summed E-state index contributed by atoms with van der Waals surface area (Å²) in [6, 6.07) is 4.10. The van der Waals surface area contributed by atoms with Crippen molar-refractivity contribution in [3.05, 3.63) is 30.5 Å². The van der Waals surface area contributed by atoms with Gasteiger partial charge in [0.25, 0.3) is 0 Å². The topological polar surface area (TPSA) is 26.0 Å². The van der Waals surface area contributed by atoms with Crippen molar-refractivity contribution in [2.75, 3.05) is 0 Å². The number of rotatable bonds is 2. The molecule has 2 rings (SSSR count). The predicted molar refractivity (Wildman–Crippen MR) is 71.7 cm³/mol. The van der Waals surface area contributed by atoms with E-state index in [1.165, 1.54) is 0 Å². The van der Waals surface area contributed by atoms with Crippen molar-refractivity contribution in [1.82, 2.24) is 4.98 Å². The van der Waals surface area contributed by atoms with E-state index < -0.39 is 8.07 Å². The maximum atomic E-state index is 5.88. The maximum absolute atomic E-state index is 5.88. The Morgan fingerprint density at radius 2 is 2.00 bits per heavy atom. The second-order valence-electron chi connectivity index (χ2n) is 5.25. The van der Waals surface area contributed by atoms with Gasteiger partial charge in [-0.15, -0.1) is 0 Å². The van der Waals surface area contributed by atoms with Crippen LogP contribution in [0.5, 0.6) is 0 Å². The van der Waals surface area contributed by atoms with E-state index in [1.807, 2.05) is 19.2 Å². The fraction of sp³-hybridized carbons (Fsp3) is 0.308. The average molecular weight is 231 g/mol. The van der Waals surface area contributed by atoms with Gasteiger partial charge in [-0.3, -0.25) is 4.98 Å². The molecule has 0 N–H and O–H groups in total. The summed E-state index contributed by atoms with van der Waals surface area (Å²) in [5.74, 6) is 0. The predicted octanol–water partition coefficient (Wildman–Crippen LogP) is 3.41. The van der Waals surface area contributed by atoms with Gasteiger partial charge in [0.1, 0.15) is 13.6 Å². The SMILES string of the molecule is C=C(C)c1cnc2cc([Si](C)(C)C)oc2c1. The Kier molecular flexibility index (Phi) is 2.50. The Morgan fingerprint density at radius 3 is 2.56 bits per heavy atom. The molecule has 0 amide bonds. The van der Waals surface area contributed by atoms with Gasteiger partial charge >= 0.3 is 0 Å². The molecule has 0 radical (unpaired) electrons. The highest BCUT2D eigenvalue weighted by atomic mass is 28.3. The van der Waals surface area contributed by atoms with Gasteiger partial charge in [0.15, 0.2) is 5.58 Å². The number of hydrogen-bond acceptors (Lipinski definition) is 2. The third-order valence-corrected chi connectivity index (χ3v) is 4.33. The van der Waals surface area contributed by atoms with Gasteiger partial charge in [-0.05, 0) is 24.1 Å². The standard InChI is InChI=1S/C13H17NOSi/c1-9(2)10-6-12-11(14-8-10)7-13(15-12)16(3,4)5/h6-8H,1H2,2-5H3. The minimum Gasteiger partial charge on any atom is -0.465 e. The van der Waals surface area contributed by atoms with Crippen molar-refractivity contribution in [3.63, 3.8) is 0 Å². The first-order chi connectivity index (χ1) is 7.38. The molecule has 0 atom stereocenters. The quantitative estimate of drug-likeness (QED) is 0.740. The number of nitrogens with zero attached hydrogens (tertiary/aromatic N) is 1. The molecule has 2 nitrogen and oxygen atoms in total. The second kappa shape index (κ2) is 3.59. The molecular weight excluding hydrogens is 214 g/mol. The van der Waals surface area contributed by atoms with E-state index in [4.69, 9.17) is 4.42 Å². The molecule has 0 aliphatic heterocycles. The van der Waals surface area contributed by atoms with E-state index in [1.54, 1.807) is 0 Å². The number of furan rings is 1. The number of hydrogen-bond donors (Lipinski definition) is 0. The van der Waals surface area contributed by atoms with Crippen LogP contribution in [0, 0.1) is 0 Å². The van der Waals surface area contributed by atoms with Gasteiger partial charge in [-0.1, -0.05) is 26.2 Å². The lowest BCUT2D eigenvalue weighted by Crippen LogP contribution is -2.36. The van der Waals surface area contributed by atoms with Gasteiger partial charge in [-0.25, -0.2) is 0 Å². The lowest BCUT2D eigenvalue weighted by atomic mass is 10.1. The monoisotopic (exact) mass is 231 g/mol. The summed E-state index contributed by atoms with van der Waals surface area (Å²) in [5, 5.41) is 1.11. The van der Waals surface area contributed by atoms with Crippen LogP contribution in [-0.2, 0) is 0 Å². The molecule has 2 aromatic heterocycles. The largest absolute Gasteiger partial charge is 0.465 e. The van der Waals surface area contributed by atoms with Crippen LogP contribution in [0.3, 0.4) is 0 Å². The smallest absolute Gasteiger partial charge is 0.152 e. The molecule has 2 aromatic rings. The summed E-state index contributed by atoms with van der Waals surface area (Å²) in [6.45, 7) is 12.7. The minimum absolute atomic E-state index is 0.873. The van der Waals surface area contributed by atoms with Crippen molar-refractivity contribution in [2.45, 2.75) is 26.6 Å². The maximum Gasteiger partial charge on any atom is 0.152 e. The highest BCUT2D eigenvalue weighted by Gasteiger charge is 2.21. The van der Waals surface area contributed by atoms with Crippen LogP contribution >= 0.6 is 0 Å². The first-order valence-electron chi connectivity index (χ1n) is 5.44. The lowest BCUT2D eigenvalue weighted by Gasteiger charge is -2.10. The summed E-state index contributed by atoms with van der Waals surface area (Å²) in [7, 11) is -1.39. The molecule has 2 heterocycles. The zero-order valence-electron chi connectivity index (χ0n) is 10.3. The Labute approximate surface area is 97.0 Å². The average Bonchev–Trinajstić information content (AvgIpc) is 2.58. The number of fused-ring (bicyclic) bond motifs is 1. The minimum atomic E-state index is -1.39. The van der Waals surface area contributed by atoms with Crippen LogP contribution in [-0.4, -0.2) is 13.1 Å². The van der Waals surface area contributed by atoms with E-state index in [2.05, 4.69) is 37.3 Å². The first-order valence-corrected chi connectivity index (χ1v) is 8.94. The van der Waals surface area contributed by atoms with Crippen LogP contribution in [0.4, 0.5) is 0 Å². The van der Waals surface area contributed by atoms with Crippen LogP contribution in [0.25, 0.3) is 16.7 Å². The summed E-state index contributed by atoms with van der Waals surface area (Å²) in [4.78, 5) is 4.40. The van der Waals surface area contributed by atoms with Crippen molar-refractivity contribution in [2.24, 2.45) is 0 Å². The van der Waals surface area contributed by atoms with E-state index in [0.717, 1.165) is 27.6 Å². The molecule has 0 aliphatic rings. The normalized spacial score (nSPS) is 12.0. The molecule has 0 saturated heterocycles. The van der Waals surface area contributed by atoms with Crippen molar-refractivity contribution in [1.29, 1.82) is 0 Å². The zero-order valence-corrected chi connectivity index (χ0v) is 11.3. The molecule has 0 unspecified atom stereocenters. The van der Waals surface area contributed by atoms with Crippen molar-refractivity contribution in [3.8, 4) is 0 Å². The molecule has 0 bridgehead atoms. The van der Waals surface area contributed by atoms with Crippen LogP contribution in [0.1, 0.15) is 12.5 Å². The number of aromatic nitrogens is 1. The summed E-state index contributed by atoms with van der Waals surface area (Å²) < 4.78 is 5.88. The van der Waals surface area contributed by atoms with E-state index in [-0.39, 0.29) is 0 Å². The highest BCUT2D eigenvalue weighted by molar-refractivity contribution is 6.87. The third-order valence-electron chi connectivity index (χ3n) is 2.60. The van der Waals surface area contributed by atoms with Crippen molar-refractivity contribution >= 4 is 30.1 Å². The molecule has 0 aromatic carbocycles. The molecule has 0 aliphatic carbocycles. The van der Waals surface area contributed by atoms with Gasteiger partial charge in [0.2, 0.25) is 0 Å². The Hall–Kier alpha value is -1.35. The van der Waals surface area contributed by atoms with Gasteiger partial charge in [0.05, 0.1) is 5.38 Å². The van der Waals surface area contributed by atoms with Gasteiger partial charge < -0.3 is 4.42 Å². The Morgan fingerprint density at radius 1 is 1.31 bits per heavy atom. The number of pyridine rings is 1. The molecule has 3 heteroatoms. The van der Waals surface area contributed by atoms with Gasteiger partial charge in [0, 0.05) is 12.3 Å². The molecule has 0 spiro atoms. The summed E-state index contributed by atoms with van der Waals surface area (Å²) >= 11 is 0. The van der Waals surface area contributed by atoms with Crippen LogP contribution in [0.2, 0.25) is 19.6 Å². The van der Waals surface area contributed by atoms with E-state index in [0.29, 0.717) is 0 Å². The van der Waals surface area contributed by atoms with Gasteiger partial charge in [-0.2, -0.15) is 0 Å². The van der Waals surface area contributed by atoms with E-state index in [9.17, 15) is 0 Å². The third kappa shape index (κ3) is 1.95. The zero-order chi connectivity index (χ0) is 11.9. The highest BCUT2D eigenvalue weighted by Crippen LogP contribution is 2.19. The summed E-state index contributed by atoms with van der Waals surface area (Å²) in [6.07, 6.45) is 1.86. The molecule has 16 heavy (non-hydrogen) atoms. The molecular formula is C13H17NOSi.